The maximum atomic E-state index is 12.6. The number of carbonyl (C=O) groups excluding carboxylic acids is 1. The topological polar surface area (TPSA) is 64.7 Å². The van der Waals surface area contributed by atoms with E-state index >= 15 is 0 Å². The average Bonchev–Trinajstić information content (AvgIpc) is 3.23. The SMILES string of the molecule is Cc1cc(C(=O)N[C@H](C)c2nncn2C2CCCC2)c(C)n1C. The van der Waals surface area contributed by atoms with Gasteiger partial charge in [-0.15, -0.1) is 10.2 Å². The molecule has 1 aliphatic carbocycles. The van der Waals surface area contributed by atoms with Crippen LogP contribution in [0, 0.1) is 13.8 Å². The lowest BCUT2D eigenvalue weighted by Gasteiger charge is -2.18. The molecule has 0 spiro atoms. The van der Waals surface area contributed by atoms with Crippen molar-refractivity contribution in [1.82, 2.24) is 24.6 Å². The van der Waals surface area contributed by atoms with Gasteiger partial charge in [-0.2, -0.15) is 0 Å². The summed E-state index contributed by atoms with van der Waals surface area (Å²) in [7, 11) is 1.97. The van der Waals surface area contributed by atoms with E-state index in [1.807, 2.05) is 38.5 Å². The van der Waals surface area contributed by atoms with Crippen molar-refractivity contribution in [3.63, 3.8) is 0 Å². The van der Waals surface area contributed by atoms with E-state index in [0.717, 1.165) is 22.8 Å². The number of aromatic nitrogens is 4. The Morgan fingerprint density at radius 2 is 2.04 bits per heavy atom. The average molecular weight is 315 g/mol. The molecule has 1 fully saturated rings. The van der Waals surface area contributed by atoms with Gasteiger partial charge in [0.05, 0.1) is 11.6 Å². The van der Waals surface area contributed by atoms with E-state index in [-0.39, 0.29) is 11.9 Å². The first-order valence-electron chi connectivity index (χ1n) is 8.32. The normalized spacial score (nSPS) is 16.7. The quantitative estimate of drug-likeness (QED) is 0.943. The molecule has 23 heavy (non-hydrogen) atoms. The van der Waals surface area contributed by atoms with Gasteiger partial charge >= 0.3 is 0 Å². The Morgan fingerprint density at radius 3 is 2.65 bits per heavy atom. The second-order valence-corrected chi connectivity index (χ2v) is 6.57. The first-order chi connectivity index (χ1) is 11.0. The van der Waals surface area contributed by atoms with E-state index in [0.29, 0.717) is 6.04 Å². The van der Waals surface area contributed by atoms with Crippen LogP contribution in [0.5, 0.6) is 0 Å². The molecule has 2 aromatic rings. The zero-order valence-electron chi connectivity index (χ0n) is 14.3. The highest BCUT2D eigenvalue weighted by molar-refractivity contribution is 5.95. The Morgan fingerprint density at radius 1 is 1.35 bits per heavy atom. The molecule has 1 saturated carbocycles. The predicted octanol–water partition coefficient (Wildman–Crippen LogP) is 2.84. The number of amides is 1. The van der Waals surface area contributed by atoms with Crippen molar-refractivity contribution in [1.29, 1.82) is 0 Å². The number of nitrogens with zero attached hydrogens (tertiary/aromatic N) is 4. The molecule has 6 nitrogen and oxygen atoms in total. The summed E-state index contributed by atoms with van der Waals surface area (Å²) in [5.74, 6) is 0.787. The standard InChI is InChI=1S/C17H25N5O/c1-11-9-15(13(3)21(11)4)17(23)19-12(2)16-20-18-10-22(16)14-7-5-6-8-14/h9-10,12,14H,5-8H2,1-4H3,(H,19,23)/t12-/m1/s1. The molecule has 6 heteroatoms. The van der Waals surface area contributed by atoms with Gasteiger partial charge in [0, 0.05) is 24.5 Å². The number of aryl methyl sites for hydroxylation is 1. The van der Waals surface area contributed by atoms with Crippen LogP contribution in [0.3, 0.4) is 0 Å². The molecule has 1 N–H and O–H groups in total. The van der Waals surface area contributed by atoms with Crippen molar-refractivity contribution in [2.75, 3.05) is 0 Å². The maximum absolute atomic E-state index is 12.6. The molecule has 0 unspecified atom stereocenters. The van der Waals surface area contributed by atoms with E-state index in [9.17, 15) is 4.79 Å². The maximum Gasteiger partial charge on any atom is 0.253 e. The van der Waals surface area contributed by atoms with Gasteiger partial charge in [-0.3, -0.25) is 4.79 Å². The highest BCUT2D eigenvalue weighted by Crippen LogP contribution is 2.31. The minimum Gasteiger partial charge on any atom is -0.351 e. The lowest BCUT2D eigenvalue weighted by Crippen LogP contribution is -2.29. The summed E-state index contributed by atoms with van der Waals surface area (Å²) in [5, 5.41) is 11.4. The lowest BCUT2D eigenvalue weighted by atomic mass is 10.2. The van der Waals surface area contributed by atoms with Gasteiger partial charge in [0.2, 0.25) is 0 Å². The van der Waals surface area contributed by atoms with Crippen LogP contribution >= 0.6 is 0 Å². The molecule has 1 amide bonds. The van der Waals surface area contributed by atoms with Gasteiger partial charge in [0.1, 0.15) is 6.33 Å². The van der Waals surface area contributed by atoms with E-state index in [1.165, 1.54) is 25.7 Å². The zero-order chi connectivity index (χ0) is 16.6. The van der Waals surface area contributed by atoms with Crippen LogP contribution in [-0.4, -0.2) is 25.2 Å². The Hall–Kier alpha value is -2.11. The first kappa shape index (κ1) is 15.8. The van der Waals surface area contributed by atoms with Crippen molar-refractivity contribution in [2.24, 2.45) is 7.05 Å². The Labute approximate surface area is 136 Å². The monoisotopic (exact) mass is 315 g/mol. The van der Waals surface area contributed by atoms with Crippen LogP contribution in [0.1, 0.15) is 72.3 Å². The molecule has 124 valence electrons. The predicted molar refractivity (Wildman–Crippen MR) is 88.3 cm³/mol. The van der Waals surface area contributed by atoms with Gasteiger partial charge < -0.3 is 14.5 Å². The molecule has 2 heterocycles. The highest BCUT2D eigenvalue weighted by atomic mass is 16.1. The summed E-state index contributed by atoms with van der Waals surface area (Å²) in [4.78, 5) is 12.6. The molecule has 0 aliphatic heterocycles. The molecule has 1 atom stereocenters. The Balaban J connectivity index is 1.76. The molecular formula is C17H25N5O. The smallest absolute Gasteiger partial charge is 0.253 e. The number of carbonyl (C=O) groups is 1. The zero-order valence-corrected chi connectivity index (χ0v) is 14.3. The van der Waals surface area contributed by atoms with Crippen LogP contribution in [0.25, 0.3) is 0 Å². The number of hydrogen-bond acceptors (Lipinski definition) is 3. The van der Waals surface area contributed by atoms with Crippen molar-refractivity contribution in [2.45, 2.75) is 58.5 Å². The van der Waals surface area contributed by atoms with E-state index in [2.05, 4.69) is 20.1 Å². The molecule has 0 bridgehead atoms. The molecule has 1 aliphatic rings. The van der Waals surface area contributed by atoms with Gasteiger partial charge in [-0.05, 0) is 39.7 Å². The lowest BCUT2D eigenvalue weighted by molar-refractivity contribution is 0.0936. The first-order valence-corrected chi connectivity index (χ1v) is 8.32. The minimum atomic E-state index is -0.162. The fraction of sp³-hybridized carbons (Fsp3) is 0.588. The summed E-state index contributed by atoms with van der Waals surface area (Å²) in [6.07, 6.45) is 6.65. The van der Waals surface area contributed by atoms with Crippen LogP contribution < -0.4 is 5.32 Å². The molecule has 3 rings (SSSR count). The molecule has 2 aromatic heterocycles. The molecule has 0 aromatic carbocycles. The summed E-state index contributed by atoms with van der Waals surface area (Å²) in [6.45, 7) is 5.94. The van der Waals surface area contributed by atoms with Gasteiger partial charge in [0.25, 0.3) is 5.91 Å². The van der Waals surface area contributed by atoms with Crippen LogP contribution in [0.15, 0.2) is 12.4 Å². The molecule has 0 radical (unpaired) electrons. The molecule has 0 saturated heterocycles. The fourth-order valence-electron chi connectivity index (χ4n) is 3.45. The van der Waals surface area contributed by atoms with Crippen molar-refractivity contribution >= 4 is 5.91 Å². The van der Waals surface area contributed by atoms with Gasteiger partial charge in [-0.1, -0.05) is 12.8 Å². The summed E-state index contributed by atoms with van der Waals surface area (Å²) in [6, 6.07) is 2.24. The van der Waals surface area contributed by atoms with Gasteiger partial charge in [0.15, 0.2) is 5.82 Å². The Kier molecular flexibility index (Phi) is 4.24. The third kappa shape index (κ3) is 2.90. The summed E-state index contributed by atoms with van der Waals surface area (Å²) < 4.78 is 4.17. The number of rotatable bonds is 4. The van der Waals surface area contributed by atoms with E-state index in [1.54, 1.807) is 6.33 Å². The van der Waals surface area contributed by atoms with Crippen LogP contribution in [-0.2, 0) is 7.05 Å². The van der Waals surface area contributed by atoms with Gasteiger partial charge in [-0.25, -0.2) is 0 Å². The third-order valence-electron chi connectivity index (χ3n) is 5.07. The second kappa shape index (κ2) is 6.18. The number of hydrogen-bond donors (Lipinski definition) is 1. The summed E-state index contributed by atoms with van der Waals surface area (Å²) in [5.41, 5.74) is 2.78. The van der Waals surface area contributed by atoms with Crippen molar-refractivity contribution in [3.05, 3.63) is 35.2 Å². The minimum absolute atomic E-state index is 0.0559. The van der Waals surface area contributed by atoms with Crippen LogP contribution in [0.2, 0.25) is 0 Å². The van der Waals surface area contributed by atoms with Crippen molar-refractivity contribution < 1.29 is 4.79 Å². The summed E-state index contributed by atoms with van der Waals surface area (Å²) >= 11 is 0. The Bertz CT molecular complexity index is 709. The van der Waals surface area contributed by atoms with E-state index < -0.39 is 0 Å². The third-order valence-corrected chi connectivity index (χ3v) is 5.07. The number of nitrogens with one attached hydrogen (secondary N) is 1. The fourth-order valence-corrected chi connectivity index (χ4v) is 3.45. The molecular weight excluding hydrogens is 290 g/mol. The highest BCUT2D eigenvalue weighted by Gasteiger charge is 2.24. The largest absolute Gasteiger partial charge is 0.351 e. The van der Waals surface area contributed by atoms with Crippen molar-refractivity contribution in [3.8, 4) is 0 Å². The van der Waals surface area contributed by atoms with Crippen LogP contribution in [0.4, 0.5) is 0 Å². The second-order valence-electron chi connectivity index (χ2n) is 6.57. The van der Waals surface area contributed by atoms with E-state index in [4.69, 9.17) is 0 Å².